The van der Waals surface area contributed by atoms with E-state index >= 15 is 0 Å². The molecule has 10 nitrogen and oxygen atoms in total. The topological polar surface area (TPSA) is 143 Å². The Morgan fingerprint density at radius 1 is 1.20 bits per heavy atom. The molecule has 3 rings (SSSR count). The zero-order valence-corrected chi connectivity index (χ0v) is 14.7. The lowest BCUT2D eigenvalue weighted by Crippen LogP contribution is -2.14. The van der Waals surface area contributed by atoms with Crippen LogP contribution in [0.2, 0.25) is 0 Å². The van der Waals surface area contributed by atoms with Crippen LogP contribution in [0.1, 0.15) is 11.5 Å². The molecule has 0 saturated carbocycles. The van der Waals surface area contributed by atoms with Crippen LogP contribution in [0.5, 0.6) is 0 Å². The van der Waals surface area contributed by atoms with Gasteiger partial charge in [0.1, 0.15) is 5.82 Å². The molecule has 0 bridgehead atoms. The molecule has 3 aromatic rings. The van der Waals surface area contributed by atoms with Crippen LogP contribution in [0.15, 0.2) is 44.2 Å². The Morgan fingerprint density at radius 3 is 2.44 bits per heavy atom. The first-order valence-corrected chi connectivity index (χ1v) is 9.08. The molecule has 0 atom stereocenters. The molecule has 0 spiro atoms. The van der Waals surface area contributed by atoms with Crippen LogP contribution in [-0.4, -0.2) is 32.1 Å². The highest BCUT2D eigenvalue weighted by Crippen LogP contribution is 2.20. The summed E-state index contributed by atoms with van der Waals surface area (Å²) in [6.45, 7) is 3.38. The van der Waals surface area contributed by atoms with Gasteiger partial charge < -0.3 is 0 Å². The van der Waals surface area contributed by atoms with Gasteiger partial charge in [-0.25, -0.2) is 9.67 Å². The molecule has 0 radical (unpaired) electrons. The molecule has 0 fully saturated rings. The summed E-state index contributed by atoms with van der Waals surface area (Å²) in [5, 5.41) is 11.0. The van der Waals surface area contributed by atoms with Crippen LogP contribution < -0.4 is 5.56 Å². The predicted octanol–water partition coefficient (Wildman–Crippen LogP) is 2.30. The normalized spacial score (nSPS) is 12.1. The molecule has 2 N–H and O–H groups in total. The van der Waals surface area contributed by atoms with Crippen molar-refractivity contribution in [3.05, 3.63) is 46.1 Å². The van der Waals surface area contributed by atoms with E-state index in [1.165, 1.54) is 28.9 Å². The lowest BCUT2D eigenvalue weighted by molar-refractivity contribution is 0.483. The first kappa shape index (κ1) is 17.1. The first-order valence-electron chi connectivity index (χ1n) is 6.87. The second-order valence-corrected chi connectivity index (χ2v) is 7.17. The van der Waals surface area contributed by atoms with Gasteiger partial charge >= 0.3 is 0 Å². The predicted molar refractivity (Wildman–Crippen MR) is 89.8 cm³/mol. The van der Waals surface area contributed by atoms with Gasteiger partial charge in [-0.3, -0.25) is 14.4 Å². The number of hydrogen-bond acceptors (Lipinski definition) is 8. The second-order valence-electron chi connectivity index (χ2n) is 5.02. The van der Waals surface area contributed by atoms with Gasteiger partial charge in [-0.15, -0.1) is 10.2 Å². The van der Waals surface area contributed by atoms with Gasteiger partial charge in [-0.05, 0) is 38.1 Å². The molecule has 0 unspecified atom stereocenters. The molecule has 25 heavy (non-hydrogen) atoms. The van der Waals surface area contributed by atoms with E-state index in [-0.39, 0.29) is 10.6 Å². The largest absolute Gasteiger partial charge is 0.299 e. The maximum absolute atomic E-state index is 12.5. The number of H-pyrrole nitrogens is 1. The van der Waals surface area contributed by atoms with Crippen molar-refractivity contribution in [1.29, 1.82) is 0 Å². The Labute approximate surface area is 145 Å². The molecule has 130 valence electrons. The standard InChI is InChI=1S/C13H12N6O4S2/c1-7-11(15-16-13-14-8(2)18-24-13)12(20)19(17-7)9-3-5-10(6-4-9)25(21,22)23/h3-6,17H,1-2H3,(H,21,22,23). The highest BCUT2D eigenvalue weighted by atomic mass is 32.2. The van der Waals surface area contributed by atoms with Crippen LogP contribution in [0.3, 0.4) is 0 Å². The zero-order chi connectivity index (χ0) is 18.2. The molecule has 0 amide bonds. The fourth-order valence-corrected chi connectivity index (χ4v) is 3.01. The van der Waals surface area contributed by atoms with Gasteiger partial charge in [-0.2, -0.15) is 12.8 Å². The second kappa shape index (κ2) is 6.31. The fourth-order valence-electron chi connectivity index (χ4n) is 2.02. The quantitative estimate of drug-likeness (QED) is 0.525. The minimum atomic E-state index is -4.29. The third-order valence-corrected chi connectivity index (χ3v) is 4.75. The van der Waals surface area contributed by atoms with Gasteiger partial charge in [0.2, 0.25) is 5.13 Å². The minimum absolute atomic E-state index is 0.103. The van der Waals surface area contributed by atoms with E-state index in [0.29, 0.717) is 22.3 Å². The van der Waals surface area contributed by atoms with Crippen molar-refractivity contribution in [2.24, 2.45) is 10.2 Å². The molecule has 1 aromatic carbocycles. The van der Waals surface area contributed by atoms with Crippen molar-refractivity contribution >= 4 is 32.5 Å². The number of benzene rings is 1. The van der Waals surface area contributed by atoms with Crippen LogP contribution in [0.4, 0.5) is 10.8 Å². The number of aromatic amines is 1. The molecular formula is C13H12N6O4S2. The number of azo groups is 1. The fraction of sp³-hybridized carbons (Fsp3) is 0.154. The van der Waals surface area contributed by atoms with Gasteiger partial charge in [0.05, 0.1) is 16.3 Å². The van der Waals surface area contributed by atoms with Crippen molar-refractivity contribution in [3.8, 4) is 5.69 Å². The summed E-state index contributed by atoms with van der Waals surface area (Å²) < 4.78 is 36.3. The van der Waals surface area contributed by atoms with Crippen LogP contribution in [0.25, 0.3) is 5.69 Å². The van der Waals surface area contributed by atoms with E-state index in [0.717, 1.165) is 11.5 Å². The third kappa shape index (κ3) is 3.55. The van der Waals surface area contributed by atoms with Crippen molar-refractivity contribution in [3.63, 3.8) is 0 Å². The summed E-state index contributed by atoms with van der Waals surface area (Å²) in [7, 11) is -4.29. The minimum Gasteiger partial charge on any atom is -0.293 e. The summed E-state index contributed by atoms with van der Waals surface area (Å²) in [6, 6.07) is 5.15. The number of aryl methyl sites for hydroxylation is 2. The Kier molecular flexibility index (Phi) is 4.32. The number of hydrogen-bond donors (Lipinski definition) is 2. The maximum atomic E-state index is 12.5. The number of aromatic nitrogens is 4. The Balaban J connectivity index is 1.97. The van der Waals surface area contributed by atoms with E-state index in [2.05, 4.69) is 24.7 Å². The summed E-state index contributed by atoms with van der Waals surface area (Å²) in [4.78, 5) is 16.2. The number of nitrogens with one attached hydrogen (secondary N) is 1. The number of rotatable bonds is 4. The van der Waals surface area contributed by atoms with Crippen LogP contribution in [0, 0.1) is 13.8 Å². The van der Waals surface area contributed by atoms with E-state index in [1.54, 1.807) is 13.8 Å². The van der Waals surface area contributed by atoms with Gasteiger partial charge in [-0.1, -0.05) is 0 Å². The Hall–Kier alpha value is -2.70. The highest BCUT2D eigenvalue weighted by molar-refractivity contribution is 7.85. The monoisotopic (exact) mass is 380 g/mol. The maximum Gasteiger partial charge on any atom is 0.299 e. The Morgan fingerprint density at radius 2 is 1.88 bits per heavy atom. The summed E-state index contributed by atoms with van der Waals surface area (Å²) in [5.41, 5.74) is 0.511. The van der Waals surface area contributed by atoms with E-state index < -0.39 is 15.7 Å². The summed E-state index contributed by atoms with van der Waals surface area (Å²) in [6.07, 6.45) is 0. The average molecular weight is 380 g/mol. The van der Waals surface area contributed by atoms with Gasteiger partial charge in [0, 0.05) is 11.5 Å². The molecule has 2 aromatic heterocycles. The van der Waals surface area contributed by atoms with E-state index in [4.69, 9.17) is 4.55 Å². The molecular weight excluding hydrogens is 368 g/mol. The molecule has 0 saturated heterocycles. The summed E-state index contributed by atoms with van der Waals surface area (Å²) >= 11 is 1.07. The summed E-state index contributed by atoms with van der Waals surface area (Å²) in [5.74, 6) is 0.570. The first-order chi connectivity index (χ1) is 11.8. The Bertz CT molecular complexity index is 1110. The molecule has 2 heterocycles. The van der Waals surface area contributed by atoms with Crippen LogP contribution in [-0.2, 0) is 10.1 Å². The third-order valence-electron chi connectivity index (χ3n) is 3.19. The molecule has 0 aliphatic carbocycles. The lowest BCUT2D eigenvalue weighted by atomic mass is 10.3. The highest BCUT2D eigenvalue weighted by Gasteiger charge is 2.14. The smallest absolute Gasteiger partial charge is 0.293 e. The van der Waals surface area contributed by atoms with E-state index in [9.17, 15) is 13.2 Å². The zero-order valence-electron chi connectivity index (χ0n) is 13.0. The van der Waals surface area contributed by atoms with Gasteiger partial charge in [0.15, 0.2) is 5.69 Å². The SMILES string of the molecule is Cc1nsc(N=Nc2c(C)[nH]n(-c3ccc(S(=O)(=O)O)cc3)c2=O)n1. The van der Waals surface area contributed by atoms with Crippen molar-refractivity contribution in [1.82, 2.24) is 19.1 Å². The van der Waals surface area contributed by atoms with Crippen molar-refractivity contribution in [2.75, 3.05) is 0 Å². The van der Waals surface area contributed by atoms with Crippen molar-refractivity contribution in [2.45, 2.75) is 18.7 Å². The lowest BCUT2D eigenvalue weighted by Gasteiger charge is -2.02. The average Bonchev–Trinajstić information content (AvgIpc) is 3.08. The van der Waals surface area contributed by atoms with Crippen LogP contribution >= 0.6 is 11.5 Å². The number of nitrogens with zero attached hydrogens (tertiary/aromatic N) is 5. The van der Waals surface area contributed by atoms with E-state index in [1.807, 2.05) is 0 Å². The molecule has 0 aliphatic heterocycles. The molecule has 12 heteroatoms. The molecule has 0 aliphatic rings. The van der Waals surface area contributed by atoms with Gasteiger partial charge in [0.25, 0.3) is 15.7 Å². The van der Waals surface area contributed by atoms with Crippen molar-refractivity contribution < 1.29 is 13.0 Å².